The summed E-state index contributed by atoms with van der Waals surface area (Å²) in [5, 5.41) is 2.75. The van der Waals surface area contributed by atoms with Crippen molar-refractivity contribution in [2.45, 2.75) is 64.2 Å². The van der Waals surface area contributed by atoms with Crippen LogP contribution in [0.1, 0.15) is 71.5 Å². The van der Waals surface area contributed by atoms with Gasteiger partial charge < -0.3 is 5.32 Å². The third kappa shape index (κ3) is 3.93. The molecule has 4 bridgehead atoms. The fraction of sp³-hybridized carbons (Fsp3) is 0.682. The summed E-state index contributed by atoms with van der Waals surface area (Å²) in [6.07, 6.45) is 11.4. The first-order chi connectivity index (χ1) is 14.0. The molecule has 4 saturated carbocycles. The number of carbonyl (C=O) groups is 3. The molecule has 3 amide bonds. The van der Waals surface area contributed by atoms with E-state index in [-0.39, 0.29) is 23.8 Å². The zero-order valence-corrected chi connectivity index (χ0v) is 17.5. The van der Waals surface area contributed by atoms with Crippen molar-refractivity contribution in [1.29, 1.82) is 0 Å². The molecule has 0 aromatic carbocycles. The number of nitrogens with one attached hydrogen (secondary N) is 3. The molecular weight excluding hydrogens is 386 g/mol. The van der Waals surface area contributed by atoms with Crippen LogP contribution in [0.3, 0.4) is 0 Å². The van der Waals surface area contributed by atoms with Gasteiger partial charge in [-0.2, -0.15) is 0 Å². The van der Waals surface area contributed by atoms with E-state index in [9.17, 15) is 14.4 Å². The Morgan fingerprint density at radius 2 is 1.66 bits per heavy atom. The average molecular weight is 416 g/mol. The van der Waals surface area contributed by atoms with Gasteiger partial charge in [0.1, 0.15) is 0 Å². The van der Waals surface area contributed by atoms with E-state index in [0.29, 0.717) is 11.3 Å². The largest absolute Gasteiger partial charge is 0.347 e. The Labute approximate surface area is 175 Å². The van der Waals surface area contributed by atoms with Crippen LogP contribution in [-0.4, -0.2) is 24.3 Å². The van der Waals surface area contributed by atoms with Gasteiger partial charge in [0, 0.05) is 11.3 Å². The summed E-state index contributed by atoms with van der Waals surface area (Å²) < 4.78 is 0. The van der Waals surface area contributed by atoms with Crippen LogP contribution in [0.25, 0.3) is 0 Å². The van der Waals surface area contributed by atoms with Crippen LogP contribution < -0.4 is 16.2 Å². The van der Waals surface area contributed by atoms with Crippen molar-refractivity contribution in [3.05, 3.63) is 21.4 Å². The van der Waals surface area contributed by atoms with Crippen molar-refractivity contribution in [2.75, 3.05) is 6.54 Å². The van der Waals surface area contributed by atoms with Gasteiger partial charge in [0.25, 0.3) is 11.8 Å². The Balaban J connectivity index is 1.06. The average Bonchev–Trinajstić information content (AvgIpc) is 3.25. The quantitative estimate of drug-likeness (QED) is 0.646. The smallest absolute Gasteiger partial charge is 0.279 e. The highest BCUT2D eigenvalue weighted by molar-refractivity contribution is 7.14. The Morgan fingerprint density at radius 1 is 0.966 bits per heavy atom. The fourth-order valence-corrected chi connectivity index (χ4v) is 7.91. The Morgan fingerprint density at radius 3 is 2.31 bits per heavy atom. The summed E-state index contributed by atoms with van der Waals surface area (Å²) in [4.78, 5) is 38.7. The number of hydrogen-bond donors (Lipinski definition) is 3. The van der Waals surface area contributed by atoms with Crippen LogP contribution >= 0.6 is 11.3 Å². The van der Waals surface area contributed by atoms with Gasteiger partial charge in [0.2, 0.25) is 5.91 Å². The lowest BCUT2D eigenvalue weighted by molar-refractivity contribution is -0.132. The highest BCUT2D eigenvalue weighted by atomic mass is 32.1. The molecule has 1 heterocycles. The van der Waals surface area contributed by atoms with Gasteiger partial charge in [-0.1, -0.05) is 0 Å². The van der Waals surface area contributed by atoms with Gasteiger partial charge in [0.15, 0.2) is 0 Å². The molecule has 5 aliphatic carbocycles. The van der Waals surface area contributed by atoms with Gasteiger partial charge >= 0.3 is 0 Å². The molecule has 5 aliphatic rings. The molecule has 1 aromatic rings. The third-order valence-corrected chi connectivity index (χ3v) is 8.67. The van der Waals surface area contributed by atoms with Crippen LogP contribution in [0.4, 0.5) is 0 Å². The molecule has 6 rings (SSSR count). The molecule has 6 nitrogen and oxygen atoms in total. The maximum Gasteiger partial charge on any atom is 0.279 e. The van der Waals surface area contributed by atoms with Crippen molar-refractivity contribution in [1.82, 2.24) is 16.2 Å². The molecule has 0 saturated heterocycles. The predicted octanol–water partition coefficient (Wildman–Crippen LogP) is 2.72. The van der Waals surface area contributed by atoms with Gasteiger partial charge in [0.05, 0.1) is 11.4 Å². The lowest BCUT2D eigenvalue weighted by Crippen LogP contribution is -2.49. The monoisotopic (exact) mass is 415 g/mol. The predicted molar refractivity (Wildman–Crippen MR) is 110 cm³/mol. The molecule has 4 fully saturated rings. The third-order valence-electron chi connectivity index (χ3n) is 7.43. The van der Waals surface area contributed by atoms with E-state index in [1.807, 2.05) is 6.07 Å². The minimum absolute atomic E-state index is 0.0388. The van der Waals surface area contributed by atoms with Crippen molar-refractivity contribution in [3.8, 4) is 0 Å². The highest BCUT2D eigenvalue weighted by Gasteiger charge is 2.51. The molecule has 29 heavy (non-hydrogen) atoms. The van der Waals surface area contributed by atoms with Crippen LogP contribution in [-0.2, 0) is 22.4 Å². The number of thiophene rings is 1. The molecule has 1 aromatic heterocycles. The minimum atomic E-state index is -0.402. The summed E-state index contributed by atoms with van der Waals surface area (Å²) in [5.41, 5.74) is 6.30. The normalized spacial score (nSPS) is 31.4. The molecule has 156 valence electrons. The second-order valence-corrected chi connectivity index (χ2v) is 10.9. The summed E-state index contributed by atoms with van der Waals surface area (Å²) in [6, 6.07) is 1.92. The number of rotatable bonds is 5. The van der Waals surface area contributed by atoms with Gasteiger partial charge in [-0.3, -0.25) is 25.2 Å². The summed E-state index contributed by atoms with van der Waals surface area (Å²) in [7, 11) is 0. The van der Waals surface area contributed by atoms with E-state index in [0.717, 1.165) is 37.0 Å². The number of carbonyl (C=O) groups excluding carboxylic acids is 3. The second-order valence-electron chi connectivity index (χ2n) is 9.79. The van der Waals surface area contributed by atoms with Crippen LogP contribution in [0.15, 0.2) is 6.07 Å². The number of hydrogen-bond acceptors (Lipinski definition) is 4. The second kappa shape index (κ2) is 7.42. The number of hydrazine groups is 1. The maximum absolute atomic E-state index is 12.5. The molecule has 3 N–H and O–H groups in total. The number of aryl methyl sites for hydroxylation is 2. The SMILES string of the molecule is O=C(CC12CC3CC(CC(C3)C1)C2)NCC(=O)NNC(=O)c1cc2c(s1)CCC2. The minimum Gasteiger partial charge on any atom is -0.347 e. The van der Waals surface area contributed by atoms with E-state index in [1.165, 1.54) is 60.3 Å². The van der Waals surface area contributed by atoms with Crippen molar-refractivity contribution in [2.24, 2.45) is 23.2 Å². The zero-order chi connectivity index (χ0) is 20.0. The first kappa shape index (κ1) is 19.1. The Hall–Kier alpha value is -1.89. The van der Waals surface area contributed by atoms with Crippen molar-refractivity contribution >= 4 is 29.1 Å². The molecule has 0 radical (unpaired) electrons. The lowest BCUT2D eigenvalue weighted by Gasteiger charge is -2.56. The lowest BCUT2D eigenvalue weighted by atomic mass is 9.49. The highest BCUT2D eigenvalue weighted by Crippen LogP contribution is 2.61. The summed E-state index contributed by atoms with van der Waals surface area (Å²) >= 11 is 1.50. The molecule has 0 atom stereocenters. The van der Waals surface area contributed by atoms with E-state index in [4.69, 9.17) is 0 Å². The maximum atomic E-state index is 12.5. The van der Waals surface area contributed by atoms with Gasteiger partial charge in [-0.25, -0.2) is 0 Å². The van der Waals surface area contributed by atoms with Crippen molar-refractivity contribution < 1.29 is 14.4 Å². The zero-order valence-electron chi connectivity index (χ0n) is 16.7. The Bertz CT molecular complexity index is 790. The topological polar surface area (TPSA) is 87.3 Å². The van der Waals surface area contributed by atoms with Crippen LogP contribution in [0, 0.1) is 23.2 Å². The number of amides is 3. The van der Waals surface area contributed by atoms with Crippen LogP contribution in [0.5, 0.6) is 0 Å². The fourth-order valence-electron chi connectivity index (χ4n) is 6.76. The first-order valence-corrected chi connectivity index (χ1v) is 11.8. The Kier molecular flexibility index (Phi) is 4.88. The first-order valence-electron chi connectivity index (χ1n) is 11.0. The van der Waals surface area contributed by atoms with E-state index < -0.39 is 5.91 Å². The van der Waals surface area contributed by atoms with Gasteiger partial charge in [-0.15, -0.1) is 11.3 Å². The van der Waals surface area contributed by atoms with Crippen LogP contribution in [0.2, 0.25) is 0 Å². The standard InChI is InChI=1S/C22H29N3O3S/c26-19(11-22-8-13-4-14(9-22)6-15(5-13)10-22)23-12-20(27)24-25-21(28)18-7-16-2-1-3-17(16)29-18/h7,13-15H,1-6,8-12H2,(H,23,26)(H,24,27)(H,25,28). The molecular formula is C22H29N3O3S. The van der Waals surface area contributed by atoms with E-state index >= 15 is 0 Å². The molecule has 0 aliphatic heterocycles. The van der Waals surface area contributed by atoms with Crippen molar-refractivity contribution in [3.63, 3.8) is 0 Å². The molecule has 0 unspecified atom stereocenters. The summed E-state index contributed by atoms with van der Waals surface area (Å²) in [6.45, 7) is -0.105. The van der Waals surface area contributed by atoms with E-state index in [2.05, 4.69) is 16.2 Å². The molecule has 0 spiro atoms. The van der Waals surface area contributed by atoms with E-state index in [1.54, 1.807) is 0 Å². The number of fused-ring (bicyclic) bond motifs is 1. The van der Waals surface area contributed by atoms with Gasteiger partial charge in [-0.05, 0) is 92.6 Å². The summed E-state index contributed by atoms with van der Waals surface area (Å²) in [5.74, 6) is 1.70. The molecule has 7 heteroatoms.